The average Bonchev–Trinajstić information content (AvgIpc) is 2.66. The topological polar surface area (TPSA) is 96.4 Å². The number of carbonyl (C=O) groups is 1. The third-order valence-electron chi connectivity index (χ3n) is 4.43. The molecule has 0 unspecified atom stereocenters. The number of carboxylic acid groups (broad SMARTS) is 1. The molecule has 0 radical (unpaired) electrons. The molecule has 0 aliphatic rings. The molecular formula is C22H16N2O3. The van der Waals surface area contributed by atoms with E-state index in [0.717, 1.165) is 16.3 Å². The maximum Gasteiger partial charge on any atom is 0.340 e. The van der Waals surface area contributed by atoms with E-state index in [1.165, 1.54) is 0 Å². The quantitative estimate of drug-likeness (QED) is 0.468. The lowest BCUT2D eigenvalue weighted by atomic mass is 10.0. The van der Waals surface area contributed by atoms with Crippen molar-refractivity contribution in [2.24, 2.45) is 0 Å². The van der Waals surface area contributed by atoms with Crippen LogP contribution in [0, 0.1) is 0 Å². The van der Waals surface area contributed by atoms with E-state index in [-0.39, 0.29) is 17.0 Å². The number of hydrogen-bond acceptors (Lipinski definition) is 4. The van der Waals surface area contributed by atoms with E-state index in [1.54, 1.807) is 36.4 Å². The van der Waals surface area contributed by atoms with E-state index in [1.807, 2.05) is 36.4 Å². The number of carboxylic acids is 1. The molecule has 3 aromatic carbocycles. The molecule has 4 aromatic rings. The Morgan fingerprint density at radius 1 is 0.963 bits per heavy atom. The van der Waals surface area contributed by atoms with Crippen molar-refractivity contribution in [1.82, 2.24) is 4.98 Å². The SMILES string of the molecule is Nc1ccc2cc(/C=C/c3nc4ccccc4c(C(=O)O)c3O)ccc2c1. The normalized spacial score (nSPS) is 11.4. The fourth-order valence-electron chi connectivity index (χ4n) is 3.12. The maximum atomic E-state index is 11.6. The molecule has 0 aliphatic heterocycles. The van der Waals surface area contributed by atoms with Crippen LogP contribution in [0.25, 0.3) is 33.8 Å². The molecule has 0 spiro atoms. The van der Waals surface area contributed by atoms with Crippen LogP contribution < -0.4 is 5.73 Å². The number of hydrogen-bond donors (Lipinski definition) is 3. The highest BCUT2D eigenvalue weighted by Gasteiger charge is 2.18. The zero-order chi connectivity index (χ0) is 19.0. The Balaban J connectivity index is 1.80. The number of aromatic hydroxyl groups is 1. The number of rotatable bonds is 3. The van der Waals surface area contributed by atoms with Gasteiger partial charge in [0, 0.05) is 11.1 Å². The first-order valence-corrected chi connectivity index (χ1v) is 8.35. The van der Waals surface area contributed by atoms with Crippen LogP contribution in [0.2, 0.25) is 0 Å². The first kappa shape index (κ1) is 16.6. The molecule has 0 atom stereocenters. The predicted octanol–water partition coefficient (Wildman–Crippen LogP) is 4.54. The van der Waals surface area contributed by atoms with Crippen molar-refractivity contribution < 1.29 is 15.0 Å². The number of fused-ring (bicyclic) bond motifs is 2. The third-order valence-corrected chi connectivity index (χ3v) is 4.43. The number of anilines is 1. The number of benzene rings is 3. The first-order valence-electron chi connectivity index (χ1n) is 8.35. The summed E-state index contributed by atoms with van der Waals surface area (Å²) < 4.78 is 0. The maximum absolute atomic E-state index is 11.6. The highest BCUT2D eigenvalue weighted by atomic mass is 16.4. The highest BCUT2D eigenvalue weighted by Crippen LogP contribution is 2.30. The van der Waals surface area contributed by atoms with Crippen molar-refractivity contribution in [3.05, 3.63) is 77.5 Å². The lowest BCUT2D eigenvalue weighted by Gasteiger charge is -2.08. The van der Waals surface area contributed by atoms with Gasteiger partial charge in [0.25, 0.3) is 0 Å². The molecule has 0 aliphatic carbocycles. The average molecular weight is 356 g/mol. The summed E-state index contributed by atoms with van der Waals surface area (Å²) in [4.78, 5) is 16.0. The minimum atomic E-state index is -1.19. The van der Waals surface area contributed by atoms with Gasteiger partial charge in [0.05, 0.1) is 5.52 Å². The number of nitrogen functional groups attached to an aromatic ring is 1. The molecule has 0 amide bonds. The van der Waals surface area contributed by atoms with Crippen LogP contribution in [0.1, 0.15) is 21.6 Å². The number of pyridine rings is 1. The summed E-state index contributed by atoms with van der Waals surface area (Å²) in [6.45, 7) is 0. The van der Waals surface area contributed by atoms with Crippen LogP contribution in [0.4, 0.5) is 5.69 Å². The van der Waals surface area contributed by atoms with E-state index in [2.05, 4.69) is 4.98 Å². The van der Waals surface area contributed by atoms with E-state index in [0.29, 0.717) is 16.6 Å². The smallest absolute Gasteiger partial charge is 0.340 e. The van der Waals surface area contributed by atoms with Gasteiger partial charge in [0.15, 0.2) is 5.75 Å². The van der Waals surface area contributed by atoms with Crippen LogP contribution in [-0.4, -0.2) is 21.2 Å². The van der Waals surface area contributed by atoms with Crippen molar-refractivity contribution in [2.45, 2.75) is 0 Å². The molecule has 0 saturated heterocycles. The summed E-state index contributed by atoms with van der Waals surface area (Å²) in [6.07, 6.45) is 3.41. The molecule has 4 rings (SSSR count). The molecule has 0 fully saturated rings. The van der Waals surface area contributed by atoms with Gasteiger partial charge in [-0.25, -0.2) is 9.78 Å². The van der Waals surface area contributed by atoms with Crippen molar-refractivity contribution in [2.75, 3.05) is 5.73 Å². The Bertz CT molecular complexity index is 1230. The van der Waals surface area contributed by atoms with Crippen LogP contribution in [0.15, 0.2) is 60.7 Å². The monoisotopic (exact) mass is 356 g/mol. The van der Waals surface area contributed by atoms with Crippen molar-refractivity contribution in [1.29, 1.82) is 0 Å². The van der Waals surface area contributed by atoms with E-state index < -0.39 is 5.97 Å². The Morgan fingerprint density at radius 2 is 1.70 bits per heavy atom. The molecule has 0 saturated carbocycles. The molecule has 132 valence electrons. The lowest BCUT2D eigenvalue weighted by molar-refractivity contribution is 0.0696. The van der Waals surface area contributed by atoms with Gasteiger partial charge in [0.2, 0.25) is 0 Å². The van der Waals surface area contributed by atoms with Crippen molar-refractivity contribution in [3.8, 4) is 5.75 Å². The molecule has 1 heterocycles. The largest absolute Gasteiger partial charge is 0.505 e. The summed E-state index contributed by atoms with van der Waals surface area (Å²) in [5, 5.41) is 22.4. The van der Waals surface area contributed by atoms with Gasteiger partial charge >= 0.3 is 5.97 Å². The highest BCUT2D eigenvalue weighted by molar-refractivity contribution is 6.06. The second-order valence-electron chi connectivity index (χ2n) is 6.24. The van der Waals surface area contributed by atoms with Gasteiger partial charge in [-0.15, -0.1) is 0 Å². The van der Waals surface area contributed by atoms with Gasteiger partial charge in [0.1, 0.15) is 11.3 Å². The van der Waals surface area contributed by atoms with E-state index >= 15 is 0 Å². The summed E-state index contributed by atoms with van der Waals surface area (Å²) in [5.74, 6) is -1.53. The van der Waals surface area contributed by atoms with Gasteiger partial charge in [-0.3, -0.25) is 0 Å². The molecular weight excluding hydrogens is 340 g/mol. The number of para-hydroxylation sites is 1. The van der Waals surface area contributed by atoms with Crippen molar-refractivity contribution in [3.63, 3.8) is 0 Å². The lowest BCUT2D eigenvalue weighted by Crippen LogP contribution is -2.01. The van der Waals surface area contributed by atoms with Crippen LogP contribution in [-0.2, 0) is 0 Å². The zero-order valence-electron chi connectivity index (χ0n) is 14.3. The summed E-state index contributed by atoms with van der Waals surface area (Å²) in [5.41, 5.74) is 7.99. The number of aromatic nitrogens is 1. The summed E-state index contributed by atoms with van der Waals surface area (Å²) in [7, 11) is 0. The standard InChI is InChI=1S/C22H16N2O3/c23-16-9-8-14-11-13(5-7-15(14)12-16)6-10-19-21(25)20(22(26)27)17-3-1-2-4-18(17)24-19/h1-12,25H,23H2,(H,26,27)/b10-6+. The van der Waals surface area contributed by atoms with E-state index in [4.69, 9.17) is 5.73 Å². The second kappa shape index (κ2) is 6.46. The minimum Gasteiger partial charge on any atom is -0.505 e. The molecule has 27 heavy (non-hydrogen) atoms. The fourth-order valence-corrected chi connectivity index (χ4v) is 3.12. The molecule has 4 N–H and O–H groups in total. The molecule has 5 nitrogen and oxygen atoms in total. The second-order valence-corrected chi connectivity index (χ2v) is 6.24. The molecule has 5 heteroatoms. The fraction of sp³-hybridized carbons (Fsp3) is 0. The summed E-state index contributed by atoms with van der Waals surface area (Å²) >= 11 is 0. The molecule has 0 bridgehead atoms. The number of aromatic carboxylic acids is 1. The zero-order valence-corrected chi connectivity index (χ0v) is 14.3. The van der Waals surface area contributed by atoms with Crippen LogP contribution in [0.3, 0.4) is 0 Å². The Labute approximate surface area is 155 Å². The Kier molecular flexibility index (Phi) is 3.97. The Morgan fingerprint density at radius 3 is 2.52 bits per heavy atom. The van der Waals surface area contributed by atoms with E-state index in [9.17, 15) is 15.0 Å². The Hall–Kier alpha value is -3.86. The first-order chi connectivity index (χ1) is 13.0. The van der Waals surface area contributed by atoms with Crippen LogP contribution in [0.5, 0.6) is 5.75 Å². The molecule has 1 aromatic heterocycles. The predicted molar refractivity (Wildman–Crippen MR) is 108 cm³/mol. The van der Waals surface area contributed by atoms with Gasteiger partial charge in [-0.2, -0.15) is 0 Å². The number of nitrogens with two attached hydrogens (primary N) is 1. The van der Waals surface area contributed by atoms with Crippen LogP contribution >= 0.6 is 0 Å². The third kappa shape index (κ3) is 3.06. The number of nitrogens with zero attached hydrogens (tertiary/aromatic N) is 1. The van der Waals surface area contributed by atoms with Gasteiger partial charge in [-0.1, -0.05) is 42.5 Å². The van der Waals surface area contributed by atoms with Gasteiger partial charge in [-0.05, 0) is 46.7 Å². The summed E-state index contributed by atoms with van der Waals surface area (Å²) in [6, 6.07) is 18.4. The van der Waals surface area contributed by atoms with Gasteiger partial charge < -0.3 is 15.9 Å². The minimum absolute atomic E-state index is 0.144. The van der Waals surface area contributed by atoms with Crippen molar-refractivity contribution >= 4 is 45.5 Å².